The molecule has 0 heterocycles. The maximum absolute atomic E-state index is 5.41. The quantitative estimate of drug-likeness (QED) is 0.615. The van der Waals surface area contributed by atoms with Crippen LogP contribution >= 0.6 is 11.6 Å². The van der Waals surface area contributed by atoms with Gasteiger partial charge in [-0.25, -0.2) is 0 Å². The van der Waals surface area contributed by atoms with E-state index in [0.717, 1.165) is 32.5 Å². The lowest BCUT2D eigenvalue weighted by Crippen LogP contribution is -2.15. The summed E-state index contributed by atoms with van der Waals surface area (Å²) in [6.45, 7) is 6.87. The number of nitrogens with one attached hydrogen (secondary N) is 1. The Morgan fingerprint density at radius 2 is 2.15 bits per heavy atom. The van der Waals surface area contributed by atoms with Gasteiger partial charge in [-0.15, -0.1) is 0 Å². The van der Waals surface area contributed by atoms with Gasteiger partial charge in [0.2, 0.25) is 0 Å². The largest absolute Gasteiger partial charge is 0.379 e. The van der Waals surface area contributed by atoms with Crippen molar-refractivity contribution in [2.75, 3.05) is 19.7 Å². The van der Waals surface area contributed by atoms with Crippen molar-refractivity contribution in [3.05, 3.63) is 11.6 Å². The molecule has 0 aromatic carbocycles. The van der Waals surface area contributed by atoms with Crippen molar-refractivity contribution < 1.29 is 4.74 Å². The van der Waals surface area contributed by atoms with Gasteiger partial charge < -0.3 is 10.1 Å². The minimum absolute atomic E-state index is 0.354. The summed E-state index contributed by atoms with van der Waals surface area (Å²) < 4.78 is 5.41. The van der Waals surface area contributed by atoms with Crippen molar-refractivity contribution in [3.8, 4) is 0 Å². The SMILES string of the molecule is CC(C)OCCCCNC/C=C/Cl. The molecular formula is C10H20ClNO. The summed E-state index contributed by atoms with van der Waals surface area (Å²) in [5.41, 5.74) is 1.54. The summed E-state index contributed by atoms with van der Waals surface area (Å²) in [4.78, 5) is 0. The summed E-state index contributed by atoms with van der Waals surface area (Å²) in [5.74, 6) is 0. The smallest absolute Gasteiger partial charge is 0.0518 e. The molecule has 0 bridgehead atoms. The highest BCUT2D eigenvalue weighted by molar-refractivity contribution is 6.25. The fourth-order valence-corrected chi connectivity index (χ4v) is 0.990. The van der Waals surface area contributed by atoms with E-state index in [-0.39, 0.29) is 0 Å². The monoisotopic (exact) mass is 205 g/mol. The Labute approximate surface area is 86.3 Å². The number of hydrogen-bond donors (Lipinski definition) is 1. The molecule has 0 saturated heterocycles. The van der Waals surface area contributed by atoms with Gasteiger partial charge in [-0.1, -0.05) is 17.7 Å². The van der Waals surface area contributed by atoms with Gasteiger partial charge in [0, 0.05) is 18.7 Å². The van der Waals surface area contributed by atoms with Gasteiger partial charge in [0.25, 0.3) is 0 Å². The average Bonchev–Trinajstić information content (AvgIpc) is 2.09. The summed E-state index contributed by atoms with van der Waals surface area (Å²) in [6, 6.07) is 0. The van der Waals surface area contributed by atoms with Crippen LogP contribution in [0.15, 0.2) is 11.6 Å². The number of hydrogen-bond acceptors (Lipinski definition) is 2. The van der Waals surface area contributed by atoms with Crippen molar-refractivity contribution in [1.82, 2.24) is 5.32 Å². The summed E-state index contributed by atoms with van der Waals surface area (Å²) in [7, 11) is 0. The Hall–Kier alpha value is -0.0500. The standard InChI is InChI=1S/C10H20ClNO/c1-10(2)13-9-4-3-7-12-8-5-6-11/h5-6,10,12H,3-4,7-9H2,1-2H3/b6-5+. The number of unbranched alkanes of at least 4 members (excludes halogenated alkanes) is 1. The van der Waals surface area contributed by atoms with E-state index in [1.807, 2.05) is 6.08 Å². The van der Waals surface area contributed by atoms with Crippen LogP contribution in [0.1, 0.15) is 26.7 Å². The Morgan fingerprint density at radius 3 is 2.77 bits per heavy atom. The Morgan fingerprint density at radius 1 is 1.38 bits per heavy atom. The molecule has 0 aliphatic rings. The second-order valence-electron chi connectivity index (χ2n) is 3.19. The summed E-state index contributed by atoms with van der Waals surface area (Å²) in [5, 5.41) is 3.25. The molecule has 0 atom stereocenters. The molecule has 0 unspecified atom stereocenters. The van der Waals surface area contributed by atoms with Crippen molar-refractivity contribution in [3.63, 3.8) is 0 Å². The van der Waals surface area contributed by atoms with E-state index in [9.17, 15) is 0 Å². The van der Waals surface area contributed by atoms with Gasteiger partial charge in [0.1, 0.15) is 0 Å². The molecule has 78 valence electrons. The van der Waals surface area contributed by atoms with Gasteiger partial charge in [-0.05, 0) is 33.2 Å². The van der Waals surface area contributed by atoms with Crippen LogP contribution in [0.3, 0.4) is 0 Å². The molecule has 0 aliphatic carbocycles. The molecule has 0 radical (unpaired) electrons. The maximum Gasteiger partial charge on any atom is 0.0518 e. The molecule has 3 heteroatoms. The van der Waals surface area contributed by atoms with Crippen LogP contribution in [-0.2, 0) is 4.74 Å². The van der Waals surface area contributed by atoms with E-state index in [1.54, 1.807) is 0 Å². The number of ether oxygens (including phenoxy) is 1. The highest BCUT2D eigenvalue weighted by Gasteiger charge is 1.92. The topological polar surface area (TPSA) is 21.3 Å². The zero-order chi connectivity index (χ0) is 9.94. The van der Waals surface area contributed by atoms with Crippen LogP contribution < -0.4 is 5.32 Å². The van der Waals surface area contributed by atoms with Crippen LogP contribution in [-0.4, -0.2) is 25.8 Å². The molecule has 2 nitrogen and oxygen atoms in total. The van der Waals surface area contributed by atoms with Gasteiger partial charge in [-0.3, -0.25) is 0 Å². The highest BCUT2D eigenvalue weighted by atomic mass is 35.5. The molecule has 0 aromatic heterocycles. The number of halogens is 1. The normalized spacial score (nSPS) is 11.7. The van der Waals surface area contributed by atoms with Gasteiger partial charge in [0.05, 0.1) is 6.10 Å². The molecule has 0 saturated carbocycles. The average molecular weight is 206 g/mol. The lowest BCUT2D eigenvalue weighted by atomic mass is 10.3. The fourth-order valence-electron chi connectivity index (χ4n) is 0.901. The summed E-state index contributed by atoms with van der Waals surface area (Å²) >= 11 is 5.36. The predicted molar refractivity (Wildman–Crippen MR) is 58.2 cm³/mol. The number of rotatable bonds is 8. The fraction of sp³-hybridized carbons (Fsp3) is 0.800. The van der Waals surface area contributed by atoms with Crippen molar-refractivity contribution in [2.45, 2.75) is 32.8 Å². The van der Waals surface area contributed by atoms with Crippen LogP contribution in [0.25, 0.3) is 0 Å². The molecule has 0 fully saturated rings. The lowest BCUT2D eigenvalue weighted by Gasteiger charge is -2.06. The van der Waals surface area contributed by atoms with Crippen LogP contribution in [0.4, 0.5) is 0 Å². The molecule has 0 aliphatic heterocycles. The zero-order valence-electron chi connectivity index (χ0n) is 8.55. The Balaban J connectivity index is 2.91. The van der Waals surface area contributed by atoms with Crippen molar-refractivity contribution in [1.29, 1.82) is 0 Å². The third kappa shape index (κ3) is 12.0. The van der Waals surface area contributed by atoms with Crippen molar-refractivity contribution >= 4 is 11.6 Å². The van der Waals surface area contributed by atoms with Gasteiger partial charge in [0.15, 0.2) is 0 Å². The highest BCUT2D eigenvalue weighted by Crippen LogP contribution is 1.93. The van der Waals surface area contributed by atoms with Crippen LogP contribution in [0.2, 0.25) is 0 Å². The van der Waals surface area contributed by atoms with Gasteiger partial charge >= 0.3 is 0 Å². The first-order valence-corrected chi connectivity index (χ1v) is 5.28. The van der Waals surface area contributed by atoms with E-state index >= 15 is 0 Å². The molecule has 1 N–H and O–H groups in total. The minimum Gasteiger partial charge on any atom is -0.379 e. The van der Waals surface area contributed by atoms with E-state index < -0.39 is 0 Å². The van der Waals surface area contributed by atoms with E-state index in [4.69, 9.17) is 16.3 Å². The van der Waals surface area contributed by atoms with Crippen LogP contribution in [0.5, 0.6) is 0 Å². The van der Waals surface area contributed by atoms with Crippen molar-refractivity contribution in [2.24, 2.45) is 0 Å². The lowest BCUT2D eigenvalue weighted by molar-refractivity contribution is 0.0761. The van der Waals surface area contributed by atoms with E-state index in [2.05, 4.69) is 19.2 Å². The van der Waals surface area contributed by atoms with E-state index in [0.29, 0.717) is 6.10 Å². The van der Waals surface area contributed by atoms with Crippen LogP contribution in [0, 0.1) is 0 Å². The Kier molecular flexibility index (Phi) is 10.00. The molecule has 0 amide bonds. The third-order valence-electron chi connectivity index (χ3n) is 1.55. The first-order chi connectivity index (χ1) is 6.27. The summed E-state index contributed by atoms with van der Waals surface area (Å²) in [6.07, 6.45) is 4.53. The zero-order valence-corrected chi connectivity index (χ0v) is 9.31. The molecule has 0 aromatic rings. The maximum atomic E-state index is 5.41. The molecule has 13 heavy (non-hydrogen) atoms. The molecule has 0 spiro atoms. The second kappa shape index (κ2) is 10.0. The predicted octanol–water partition coefficient (Wildman–Crippen LogP) is 2.53. The first kappa shape index (κ1) is 12.9. The molecule has 0 rings (SSSR count). The third-order valence-corrected chi connectivity index (χ3v) is 1.73. The van der Waals surface area contributed by atoms with Gasteiger partial charge in [-0.2, -0.15) is 0 Å². The second-order valence-corrected chi connectivity index (χ2v) is 3.44. The Bertz CT molecular complexity index is 126. The minimum atomic E-state index is 0.354. The van der Waals surface area contributed by atoms with E-state index in [1.165, 1.54) is 5.54 Å². The molecular weight excluding hydrogens is 186 g/mol. The first-order valence-electron chi connectivity index (χ1n) is 4.85.